The molecule has 178 valence electrons. The maximum absolute atomic E-state index is 11.7. The lowest BCUT2D eigenvalue weighted by Crippen LogP contribution is -2.27. The first kappa shape index (κ1) is 24.1. The number of carbonyl (C=O) groups is 2. The van der Waals surface area contributed by atoms with Crippen molar-refractivity contribution in [1.82, 2.24) is 19.3 Å². The van der Waals surface area contributed by atoms with Gasteiger partial charge in [0.15, 0.2) is 0 Å². The van der Waals surface area contributed by atoms with Crippen LogP contribution in [-0.2, 0) is 10.0 Å². The first-order valence-corrected chi connectivity index (χ1v) is 11.2. The molecule has 5 N–H and O–H groups in total. The third-order valence-electron chi connectivity index (χ3n) is 4.82. The maximum atomic E-state index is 11.7. The van der Waals surface area contributed by atoms with Crippen LogP contribution in [0.3, 0.4) is 0 Å². The van der Waals surface area contributed by atoms with Crippen LogP contribution in [0.5, 0.6) is 0 Å². The van der Waals surface area contributed by atoms with E-state index in [1.165, 1.54) is 16.4 Å². The van der Waals surface area contributed by atoms with Crippen molar-refractivity contribution in [2.24, 2.45) is 0 Å². The van der Waals surface area contributed by atoms with Gasteiger partial charge in [-0.3, -0.25) is 0 Å². The van der Waals surface area contributed by atoms with E-state index in [1.54, 1.807) is 18.9 Å². The normalized spacial score (nSPS) is 18.4. The smallest absolute Gasteiger partial charge is 0.335 e. The SMILES string of the molecule is CC1N(CCN(C)c2nc(NCCO)nc(Nc3cc(C(=O)O)cc(C(=O)O)c3)n2)S1(=O)=O. The lowest BCUT2D eigenvalue weighted by atomic mass is 10.1. The summed E-state index contributed by atoms with van der Waals surface area (Å²) in [6.45, 7) is 2.06. The van der Waals surface area contributed by atoms with Crippen LogP contribution in [0, 0.1) is 0 Å². The van der Waals surface area contributed by atoms with Gasteiger partial charge in [-0.1, -0.05) is 0 Å². The molecule has 0 amide bonds. The molecule has 0 saturated carbocycles. The van der Waals surface area contributed by atoms with E-state index in [1.807, 2.05) is 0 Å². The minimum absolute atomic E-state index is 0.0149. The Bertz CT molecular complexity index is 1140. The van der Waals surface area contributed by atoms with Crippen LogP contribution in [-0.4, -0.2) is 93.6 Å². The number of benzene rings is 1. The summed E-state index contributed by atoms with van der Waals surface area (Å²) in [5, 5.41) is 32.6. The second-order valence-electron chi connectivity index (χ2n) is 7.14. The molecule has 1 saturated heterocycles. The Hall–Kier alpha value is -3.56. The average molecular weight is 481 g/mol. The molecule has 1 aliphatic heterocycles. The summed E-state index contributed by atoms with van der Waals surface area (Å²) in [5.41, 5.74) is -0.350. The molecule has 2 aromatic rings. The molecule has 2 atom stereocenters. The number of aromatic carboxylic acids is 2. The Labute approximate surface area is 189 Å². The van der Waals surface area contributed by atoms with Crippen molar-refractivity contribution < 1.29 is 33.3 Å². The van der Waals surface area contributed by atoms with Gasteiger partial charge in [-0.25, -0.2) is 18.0 Å². The van der Waals surface area contributed by atoms with Crippen LogP contribution >= 0.6 is 0 Å². The highest BCUT2D eigenvalue weighted by molar-refractivity contribution is 7.95. The Balaban J connectivity index is 1.87. The Morgan fingerprint density at radius 3 is 2.18 bits per heavy atom. The van der Waals surface area contributed by atoms with Crippen molar-refractivity contribution in [2.75, 3.05) is 48.8 Å². The Morgan fingerprint density at radius 2 is 1.67 bits per heavy atom. The first-order valence-electron chi connectivity index (χ1n) is 9.74. The van der Waals surface area contributed by atoms with E-state index in [2.05, 4.69) is 25.6 Å². The van der Waals surface area contributed by atoms with E-state index in [0.717, 1.165) is 6.07 Å². The van der Waals surface area contributed by atoms with E-state index in [0.29, 0.717) is 0 Å². The first-order chi connectivity index (χ1) is 15.5. The molecule has 15 heteroatoms. The van der Waals surface area contributed by atoms with Gasteiger partial charge in [0.25, 0.3) is 0 Å². The van der Waals surface area contributed by atoms with Crippen LogP contribution in [0.4, 0.5) is 23.5 Å². The number of hydrogen-bond acceptors (Lipinski definition) is 11. The monoisotopic (exact) mass is 481 g/mol. The molecule has 0 spiro atoms. The fourth-order valence-corrected chi connectivity index (χ4v) is 4.28. The summed E-state index contributed by atoms with van der Waals surface area (Å²) in [6.07, 6.45) is 0. The van der Waals surface area contributed by atoms with Gasteiger partial charge in [0, 0.05) is 32.4 Å². The molecule has 1 aromatic heterocycles. The van der Waals surface area contributed by atoms with Crippen LogP contribution in [0.2, 0.25) is 0 Å². The van der Waals surface area contributed by atoms with Gasteiger partial charge in [0.2, 0.25) is 27.9 Å². The molecular weight excluding hydrogens is 458 g/mol. The molecular formula is C18H23N7O7S. The van der Waals surface area contributed by atoms with Crippen molar-refractivity contribution in [3.63, 3.8) is 0 Å². The van der Waals surface area contributed by atoms with Crippen LogP contribution < -0.4 is 15.5 Å². The van der Waals surface area contributed by atoms with Gasteiger partial charge in [-0.2, -0.15) is 19.3 Å². The molecule has 1 fully saturated rings. The number of aliphatic hydroxyl groups excluding tert-OH is 1. The Kier molecular flexibility index (Phi) is 6.95. The number of rotatable bonds is 11. The summed E-state index contributed by atoms with van der Waals surface area (Å²) < 4.78 is 24.7. The summed E-state index contributed by atoms with van der Waals surface area (Å²) in [6, 6.07) is 3.49. The van der Waals surface area contributed by atoms with Crippen LogP contribution in [0.25, 0.3) is 0 Å². The predicted molar refractivity (Wildman–Crippen MR) is 117 cm³/mol. The zero-order chi connectivity index (χ0) is 24.3. The van der Waals surface area contributed by atoms with E-state index in [4.69, 9.17) is 5.11 Å². The molecule has 33 heavy (non-hydrogen) atoms. The number of carboxylic acid groups (broad SMARTS) is 2. The molecule has 0 radical (unpaired) electrons. The quantitative estimate of drug-likeness (QED) is 0.266. The number of hydrogen-bond donors (Lipinski definition) is 5. The van der Waals surface area contributed by atoms with Gasteiger partial charge in [0.05, 0.1) is 17.7 Å². The third-order valence-corrected chi connectivity index (χ3v) is 6.87. The standard InChI is InChI=1S/C18H23N7O7S/c1-10-25(33(10,31)32)5-4-24(2)18-22-16(19-3-6-26)21-17(23-18)20-13-8-11(14(27)28)7-12(9-13)15(29)30/h7-10,26H,3-6H2,1-2H3,(H,27,28)(H,29,30)(H2,19,20,21,22,23). The van der Waals surface area contributed by atoms with Crippen molar-refractivity contribution in [1.29, 1.82) is 0 Å². The average Bonchev–Trinajstić information content (AvgIpc) is 3.25. The molecule has 1 aromatic carbocycles. The van der Waals surface area contributed by atoms with Gasteiger partial charge < -0.3 is 30.9 Å². The van der Waals surface area contributed by atoms with Crippen molar-refractivity contribution in [2.45, 2.75) is 12.3 Å². The molecule has 3 rings (SSSR count). The number of anilines is 4. The van der Waals surface area contributed by atoms with Gasteiger partial charge >= 0.3 is 11.9 Å². The van der Waals surface area contributed by atoms with Crippen molar-refractivity contribution in [3.8, 4) is 0 Å². The van der Waals surface area contributed by atoms with Gasteiger partial charge in [-0.05, 0) is 25.1 Å². The van der Waals surface area contributed by atoms with Crippen LogP contribution in [0.1, 0.15) is 27.6 Å². The van der Waals surface area contributed by atoms with E-state index in [9.17, 15) is 28.2 Å². The largest absolute Gasteiger partial charge is 0.478 e. The zero-order valence-electron chi connectivity index (χ0n) is 17.8. The summed E-state index contributed by atoms with van der Waals surface area (Å²) in [5.74, 6) is -2.35. The molecule has 14 nitrogen and oxygen atoms in total. The summed E-state index contributed by atoms with van der Waals surface area (Å²) in [7, 11) is -1.54. The molecule has 0 aliphatic carbocycles. The van der Waals surface area contributed by atoms with Crippen LogP contribution in [0.15, 0.2) is 18.2 Å². The van der Waals surface area contributed by atoms with Crippen molar-refractivity contribution in [3.05, 3.63) is 29.3 Å². The van der Waals surface area contributed by atoms with E-state index in [-0.39, 0.29) is 60.9 Å². The maximum Gasteiger partial charge on any atom is 0.335 e. The highest BCUT2D eigenvalue weighted by Crippen LogP contribution is 2.29. The number of aliphatic hydroxyl groups is 1. The number of aromatic nitrogens is 3. The fraction of sp³-hybridized carbons (Fsp3) is 0.389. The molecule has 1 aliphatic rings. The minimum Gasteiger partial charge on any atom is -0.478 e. The third kappa shape index (κ3) is 5.63. The van der Waals surface area contributed by atoms with E-state index < -0.39 is 27.3 Å². The summed E-state index contributed by atoms with van der Waals surface area (Å²) in [4.78, 5) is 37.0. The van der Waals surface area contributed by atoms with Crippen molar-refractivity contribution >= 4 is 45.5 Å². The second-order valence-corrected chi connectivity index (χ2v) is 9.33. The number of carboxylic acids is 2. The minimum atomic E-state index is -3.20. The topological polar surface area (TPSA) is 198 Å². The van der Waals surface area contributed by atoms with Gasteiger partial charge in [-0.15, -0.1) is 0 Å². The molecule has 2 heterocycles. The fourth-order valence-electron chi connectivity index (χ4n) is 2.92. The zero-order valence-corrected chi connectivity index (χ0v) is 18.6. The lowest BCUT2D eigenvalue weighted by Gasteiger charge is -2.18. The predicted octanol–water partition coefficient (Wildman–Crippen LogP) is -0.157. The highest BCUT2D eigenvalue weighted by Gasteiger charge is 2.50. The number of nitrogens with one attached hydrogen (secondary N) is 2. The lowest BCUT2D eigenvalue weighted by molar-refractivity contribution is 0.0696. The number of likely N-dealkylation sites (N-methyl/N-ethyl adjacent to an activating group) is 1. The summed E-state index contributed by atoms with van der Waals surface area (Å²) >= 11 is 0. The second kappa shape index (κ2) is 9.51. The van der Waals surface area contributed by atoms with E-state index >= 15 is 0 Å². The number of sulfonamides is 1. The molecule has 0 bridgehead atoms. The Morgan fingerprint density at radius 1 is 1.09 bits per heavy atom. The number of nitrogens with zero attached hydrogens (tertiary/aromatic N) is 5. The molecule has 2 unspecified atom stereocenters. The van der Waals surface area contributed by atoms with Gasteiger partial charge in [0.1, 0.15) is 5.37 Å². The highest BCUT2D eigenvalue weighted by atomic mass is 32.2.